The lowest BCUT2D eigenvalue weighted by atomic mass is 10.2. The number of carbonyl (C=O) groups is 1. The lowest BCUT2D eigenvalue weighted by Crippen LogP contribution is -2.13. The predicted molar refractivity (Wildman–Crippen MR) is 55.1 cm³/mol. The number of carbonyl (C=O) groups excluding carboxylic acids is 1. The SMILES string of the molecule is COc1c(Br)cccc1COC(N)=O. The van der Waals surface area contributed by atoms with Crippen LogP contribution < -0.4 is 10.5 Å². The molecule has 1 aromatic rings. The zero-order valence-electron chi connectivity index (χ0n) is 7.62. The molecule has 0 aliphatic carbocycles. The minimum Gasteiger partial charge on any atom is -0.495 e. The van der Waals surface area contributed by atoms with Gasteiger partial charge in [-0.3, -0.25) is 0 Å². The van der Waals surface area contributed by atoms with E-state index in [-0.39, 0.29) is 6.61 Å². The highest BCUT2D eigenvalue weighted by Gasteiger charge is 2.07. The van der Waals surface area contributed by atoms with E-state index in [9.17, 15) is 4.79 Å². The van der Waals surface area contributed by atoms with Crippen molar-refractivity contribution in [3.8, 4) is 5.75 Å². The highest BCUT2D eigenvalue weighted by Crippen LogP contribution is 2.28. The molecule has 4 nitrogen and oxygen atoms in total. The monoisotopic (exact) mass is 259 g/mol. The molecule has 0 saturated heterocycles. The molecule has 0 atom stereocenters. The largest absolute Gasteiger partial charge is 0.495 e. The first kappa shape index (κ1) is 10.8. The summed E-state index contributed by atoms with van der Waals surface area (Å²) in [5.74, 6) is 0.647. The molecule has 2 N–H and O–H groups in total. The second-order valence-corrected chi connectivity index (χ2v) is 3.39. The van der Waals surface area contributed by atoms with Gasteiger partial charge in [0.05, 0.1) is 11.6 Å². The summed E-state index contributed by atoms with van der Waals surface area (Å²) in [5.41, 5.74) is 5.62. The van der Waals surface area contributed by atoms with Gasteiger partial charge in [-0.05, 0) is 22.0 Å². The van der Waals surface area contributed by atoms with E-state index in [4.69, 9.17) is 10.5 Å². The van der Waals surface area contributed by atoms with Crippen LogP contribution in [0.3, 0.4) is 0 Å². The van der Waals surface area contributed by atoms with Crippen LogP contribution in [0, 0.1) is 0 Å². The Balaban J connectivity index is 2.85. The normalized spacial score (nSPS) is 9.57. The van der Waals surface area contributed by atoms with Crippen molar-refractivity contribution < 1.29 is 14.3 Å². The maximum atomic E-state index is 10.4. The third-order valence-electron chi connectivity index (χ3n) is 1.62. The first-order valence-electron chi connectivity index (χ1n) is 3.88. The number of nitrogens with two attached hydrogens (primary N) is 1. The molecule has 0 unspecified atom stereocenters. The number of amides is 1. The van der Waals surface area contributed by atoms with E-state index in [1.165, 1.54) is 0 Å². The van der Waals surface area contributed by atoms with E-state index < -0.39 is 6.09 Å². The van der Waals surface area contributed by atoms with Gasteiger partial charge in [-0.25, -0.2) is 4.79 Å². The van der Waals surface area contributed by atoms with Crippen molar-refractivity contribution >= 4 is 22.0 Å². The van der Waals surface area contributed by atoms with Crippen LogP contribution >= 0.6 is 15.9 Å². The Hall–Kier alpha value is -1.23. The van der Waals surface area contributed by atoms with Gasteiger partial charge in [-0.2, -0.15) is 0 Å². The lowest BCUT2D eigenvalue weighted by Gasteiger charge is -2.09. The Labute approximate surface area is 90.1 Å². The molecule has 5 heteroatoms. The second-order valence-electron chi connectivity index (χ2n) is 2.54. The fraction of sp³-hybridized carbons (Fsp3) is 0.222. The lowest BCUT2D eigenvalue weighted by molar-refractivity contribution is 0.149. The number of ether oxygens (including phenoxy) is 2. The third-order valence-corrected chi connectivity index (χ3v) is 2.25. The minimum atomic E-state index is -0.799. The number of hydrogen-bond acceptors (Lipinski definition) is 3. The van der Waals surface area contributed by atoms with Gasteiger partial charge in [-0.15, -0.1) is 0 Å². The van der Waals surface area contributed by atoms with Crippen LogP contribution in [0.2, 0.25) is 0 Å². The quantitative estimate of drug-likeness (QED) is 0.904. The fourth-order valence-electron chi connectivity index (χ4n) is 1.04. The summed E-state index contributed by atoms with van der Waals surface area (Å²) in [6, 6.07) is 5.46. The molecule has 1 amide bonds. The number of para-hydroxylation sites is 1. The molecule has 0 bridgehead atoms. The van der Waals surface area contributed by atoms with Crippen LogP contribution in [0.25, 0.3) is 0 Å². The van der Waals surface area contributed by atoms with Gasteiger partial charge in [0.15, 0.2) is 0 Å². The number of benzene rings is 1. The molecule has 0 fully saturated rings. The summed E-state index contributed by atoms with van der Waals surface area (Å²) in [6.07, 6.45) is -0.799. The van der Waals surface area contributed by atoms with Crippen LogP contribution in [-0.2, 0) is 11.3 Å². The van der Waals surface area contributed by atoms with Crippen molar-refractivity contribution in [1.82, 2.24) is 0 Å². The first-order chi connectivity index (χ1) is 6.65. The summed E-state index contributed by atoms with van der Waals surface area (Å²) in [5, 5.41) is 0. The summed E-state index contributed by atoms with van der Waals surface area (Å²) in [7, 11) is 1.55. The van der Waals surface area contributed by atoms with E-state index in [0.29, 0.717) is 5.75 Å². The molecule has 0 spiro atoms. The van der Waals surface area contributed by atoms with E-state index >= 15 is 0 Å². The van der Waals surface area contributed by atoms with Gasteiger partial charge in [0, 0.05) is 5.56 Å². The van der Waals surface area contributed by atoms with Gasteiger partial charge < -0.3 is 15.2 Å². The van der Waals surface area contributed by atoms with Crippen molar-refractivity contribution in [1.29, 1.82) is 0 Å². The minimum absolute atomic E-state index is 0.109. The second kappa shape index (κ2) is 4.85. The standard InChI is InChI=1S/C9H10BrNO3/c1-13-8-6(5-14-9(11)12)3-2-4-7(8)10/h2-4H,5H2,1H3,(H2,11,12). The highest BCUT2D eigenvalue weighted by molar-refractivity contribution is 9.10. The predicted octanol–water partition coefficient (Wildman–Crippen LogP) is 2.05. The maximum Gasteiger partial charge on any atom is 0.404 e. The van der Waals surface area contributed by atoms with Crippen molar-refractivity contribution in [2.24, 2.45) is 5.73 Å². The van der Waals surface area contributed by atoms with Gasteiger partial charge in [0.2, 0.25) is 0 Å². The fourth-order valence-corrected chi connectivity index (χ4v) is 1.61. The molecule has 0 aliphatic heterocycles. The number of methoxy groups -OCH3 is 1. The number of hydrogen-bond donors (Lipinski definition) is 1. The van der Waals surface area contributed by atoms with Gasteiger partial charge >= 0.3 is 6.09 Å². The zero-order valence-corrected chi connectivity index (χ0v) is 9.21. The highest BCUT2D eigenvalue weighted by atomic mass is 79.9. The molecular weight excluding hydrogens is 250 g/mol. The summed E-state index contributed by atoms with van der Waals surface area (Å²) >= 11 is 3.32. The Morgan fingerprint density at radius 2 is 2.29 bits per heavy atom. The number of rotatable bonds is 3. The summed E-state index contributed by atoms with van der Waals surface area (Å²) in [4.78, 5) is 10.4. The van der Waals surface area contributed by atoms with Crippen LogP contribution in [0.1, 0.15) is 5.56 Å². The molecule has 0 saturated carbocycles. The molecular formula is C9H10BrNO3. The van der Waals surface area contributed by atoms with Crippen molar-refractivity contribution in [2.75, 3.05) is 7.11 Å². The number of primary amides is 1. The van der Waals surface area contributed by atoms with Gasteiger partial charge in [-0.1, -0.05) is 12.1 Å². The van der Waals surface area contributed by atoms with Crippen molar-refractivity contribution in [3.63, 3.8) is 0 Å². The Morgan fingerprint density at radius 1 is 1.57 bits per heavy atom. The molecule has 0 aliphatic rings. The van der Waals surface area contributed by atoms with Crippen LogP contribution in [-0.4, -0.2) is 13.2 Å². The van der Waals surface area contributed by atoms with Crippen LogP contribution in [0.5, 0.6) is 5.75 Å². The Bertz CT molecular complexity index is 341. The zero-order chi connectivity index (χ0) is 10.6. The van der Waals surface area contributed by atoms with E-state index in [0.717, 1.165) is 10.0 Å². The molecule has 0 heterocycles. The molecule has 1 rings (SSSR count). The third kappa shape index (κ3) is 2.63. The summed E-state index contributed by atoms with van der Waals surface area (Å²) in [6.45, 7) is 0.109. The van der Waals surface area contributed by atoms with Gasteiger partial charge in [0.25, 0.3) is 0 Å². The van der Waals surface area contributed by atoms with Crippen molar-refractivity contribution in [3.05, 3.63) is 28.2 Å². The van der Waals surface area contributed by atoms with Crippen LogP contribution in [0.4, 0.5) is 4.79 Å². The smallest absolute Gasteiger partial charge is 0.404 e. The van der Waals surface area contributed by atoms with Crippen molar-refractivity contribution in [2.45, 2.75) is 6.61 Å². The van der Waals surface area contributed by atoms with E-state index in [2.05, 4.69) is 20.7 Å². The van der Waals surface area contributed by atoms with E-state index in [1.54, 1.807) is 13.2 Å². The average molecular weight is 260 g/mol. The number of halogens is 1. The molecule has 76 valence electrons. The Morgan fingerprint density at radius 3 is 2.86 bits per heavy atom. The molecule has 0 aromatic heterocycles. The first-order valence-corrected chi connectivity index (χ1v) is 4.68. The Kier molecular flexibility index (Phi) is 3.76. The van der Waals surface area contributed by atoms with Gasteiger partial charge in [0.1, 0.15) is 12.4 Å². The van der Waals surface area contributed by atoms with E-state index in [1.807, 2.05) is 12.1 Å². The van der Waals surface area contributed by atoms with Crippen LogP contribution in [0.15, 0.2) is 22.7 Å². The molecule has 14 heavy (non-hydrogen) atoms. The average Bonchev–Trinajstić information content (AvgIpc) is 2.14. The molecule has 1 aromatic carbocycles. The molecule has 0 radical (unpaired) electrons. The maximum absolute atomic E-state index is 10.4. The topological polar surface area (TPSA) is 61.6 Å². The summed E-state index contributed by atoms with van der Waals surface area (Å²) < 4.78 is 10.6.